The van der Waals surface area contributed by atoms with Crippen molar-refractivity contribution >= 4 is 11.5 Å². The highest BCUT2D eigenvalue weighted by Gasteiger charge is 2.28. The first-order valence-electron chi connectivity index (χ1n) is 6.45. The number of anilines is 1. The normalized spacial score (nSPS) is 15.1. The summed E-state index contributed by atoms with van der Waals surface area (Å²) in [5.74, 6) is 1.40. The van der Waals surface area contributed by atoms with Gasteiger partial charge in [-0.15, -0.1) is 0 Å². The van der Waals surface area contributed by atoms with Crippen molar-refractivity contribution in [3.8, 4) is 0 Å². The molecule has 0 aliphatic heterocycles. The lowest BCUT2D eigenvalue weighted by Gasteiger charge is -2.05. The average Bonchev–Trinajstić information content (AvgIpc) is 3.03. The highest BCUT2D eigenvalue weighted by atomic mass is 16.6. The summed E-state index contributed by atoms with van der Waals surface area (Å²) in [5, 5.41) is 18.6. The number of aryl methyl sites for hydroxylation is 1. The molecule has 1 aromatic rings. The third kappa shape index (κ3) is 2.63. The van der Waals surface area contributed by atoms with Crippen LogP contribution in [0, 0.1) is 16.0 Å². The highest BCUT2D eigenvalue weighted by Crippen LogP contribution is 2.34. The van der Waals surface area contributed by atoms with E-state index in [1.807, 2.05) is 13.8 Å². The number of rotatable bonds is 6. The van der Waals surface area contributed by atoms with Crippen LogP contribution in [0.25, 0.3) is 0 Å². The largest absolute Gasteiger partial charge is 0.365 e. The van der Waals surface area contributed by atoms with Crippen molar-refractivity contribution in [2.45, 2.75) is 39.0 Å². The molecule has 0 unspecified atom stereocenters. The van der Waals surface area contributed by atoms with Crippen LogP contribution in [0.5, 0.6) is 0 Å². The Balaban J connectivity index is 2.17. The minimum Gasteiger partial charge on any atom is -0.365 e. The summed E-state index contributed by atoms with van der Waals surface area (Å²) in [6.45, 7) is 4.62. The van der Waals surface area contributed by atoms with Crippen molar-refractivity contribution in [3.05, 3.63) is 15.8 Å². The fourth-order valence-corrected chi connectivity index (χ4v) is 2.10. The molecule has 1 aliphatic rings. The monoisotopic (exact) mass is 252 g/mol. The molecule has 1 aromatic heterocycles. The van der Waals surface area contributed by atoms with Crippen LogP contribution in [-0.2, 0) is 7.05 Å². The second-order valence-corrected chi connectivity index (χ2v) is 5.28. The van der Waals surface area contributed by atoms with E-state index in [0.29, 0.717) is 11.5 Å². The van der Waals surface area contributed by atoms with Crippen LogP contribution in [0.15, 0.2) is 0 Å². The third-order valence-electron chi connectivity index (χ3n) is 3.32. The molecular formula is C12H20N4O2. The summed E-state index contributed by atoms with van der Waals surface area (Å²) in [5.41, 5.74) is 0.680. The lowest BCUT2D eigenvalue weighted by atomic mass is 10.1. The zero-order valence-corrected chi connectivity index (χ0v) is 11.1. The first-order valence-corrected chi connectivity index (χ1v) is 6.45. The van der Waals surface area contributed by atoms with E-state index in [9.17, 15) is 10.1 Å². The first kappa shape index (κ1) is 12.9. The molecule has 0 amide bonds. The number of nitrogens with zero attached hydrogens (tertiary/aromatic N) is 3. The quantitative estimate of drug-likeness (QED) is 0.624. The van der Waals surface area contributed by atoms with Gasteiger partial charge in [-0.3, -0.25) is 10.1 Å². The zero-order valence-electron chi connectivity index (χ0n) is 11.1. The molecule has 0 atom stereocenters. The molecule has 6 heteroatoms. The molecule has 1 N–H and O–H groups in total. The van der Waals surface area contributed by atoms with Gasteiger partial charge in [0.15, 0.2) is 0 Å². The Morgan fingerprint density at radius 1 is 1.56 bits per heavy atom. The standard InChI is InChI=1S/C12H20N4O2/c1-8(2)10-11(16(17)18)12(15(3)14-10)13-7-6-9-4-5-9/h8-9,13H,4-7H2,1-3H3. The van der Waals surface area contributed by atoms with Gasteiger partial charge in [0.25, 0.3) is 0 Å². The summed E-state index contributed by atoms with van der Waals surface area (Å²) in [4.78, 5) is 10.9. The molecule has 1 heterocycles. The molecule has 0 bridgehead atoms. The van der Waals surface area contributed by atoms with Gasteiger partial charge in [-0.05, 0) is 12.3 Å². The Kier molecular flexibility index (Phi) is 3.54. The van der Waals surface area contributed by atoms with Crippen molar-refractivity contribution in [1.29, 1.82) is 0 Å². The van der Waals surface area contributed by atoms with E-state index in [1.54, 1.807) is 11.7 Å². The second-order valence-electron chi connectivity index (χ2n) is 5.28. The maximum Gasteiger partial charge on any atom is 0.334 e. The summed E-state index contributed by atoms with van der Waals surface area (Å²) in [7, 11) is 1.75. The van der Waals surface area contributed by atoms with Crippen LogP contribution in [0.1, 0.15) is 44.7 Å². The van der Waals surface area contributed by atoms with E-state index < -0.39 is 0 Å². The molecule has 1 aliphatic carbocycles. The van der Waals surface area contributed by atoms with Gasteiger partial charge in [-0.25, -0.2) is 4.68 Å². The fraction of sp³-hybridized carbons (Fsp3) is 0.750. The van der Waals surface area contributed by atoms with Crippen LogP contribution in [0.2, 0.25) is 0 Å². The number of nitrogens with one attached hydrogen (secondary N) is 1. The molecular weight excluding hydrogens is 232 g/mol. The SMILES string of the molecule is CC(C)c1nn(C)c(NCCC2CC2)c1[N+](=O)[O-]. The molecule has 2 rings (SSSR count). The first-order chi connectivity index (χ1) is 8.50. The summed E-state index contributed by atoms with van der Waals surface area (Å²) in [6, 6.07) is 0. The van der Waals surface area contributed by atoms with E-state index in [1.165, 1.54) is 12.8 Å². The van der Waals surface area contributed by atoms with E-state index in [-0.39, 0.29) is 16.5 Å². The lowest BCUT2D eigenvalue weighted by molar-refractivity contribution is -0.384. The van der Waals surface area contributed by atoms with Gasteiger partial charge < -0.3 is 5.32 Å². The van der Waals surface area contributed by atoms with Gasteiger partial charge >= 0.3 is 5.69 Å². The van der Waals surface area contributed by atoms with Crippen LogP contribution < -0.4 is 5.32 Å². The average molecular weight is 252 g/mol. The molecule has 0 aromatic carbocycles. The zero-order chi connectivity index (χ0) is 13.3. The molecule has 100 valence electrons. The fourth-order valence-electron chi connectivity index (χ4n) is 2.10. The number of hydrogen-bond donors (Lipinski definition) is 1. The van der Waals surface area contributed by atoms with Gasteiger partial charge in [0, 0.05) is 19.5 Å². The van der Waals surface area contributed by atoms with Crippen molar-refractivity contribution in [1.82, 2.24) is 9.78 Å². The molecule has 0 saturated heterocycles. The van der Waals surface area contributed by atoms with Gasteiger partial charge in [0.1, 0.15) is 5.69 Å². The van der Waals surface area contributed by atoms with E-state index in [4.69, 9.17) is 0 Å². The minimum absolute atomic E-state index is 0.0515. The van der Waals surface area contributed by atoms with Crippen LogP contribution in [0.4, 0.5) is 11.5 Å². The highest BCUT2D eigenvalue weighted by molar-refractivity contribution is 5.60. The van der Waals surface area contributed by atoms with Crippen LogP contribution in [0.3, 0.4) is 0 Å². The number of nitro groups is 1. The van der Waals surface area contributed by atoms with E-state index >= 15 is 0 Å². The predicted octanol–water partition coefficient (Wildman–Crippen LogP) is 2.66. The van der Waals surface area contributed by atoms with Gasteiger partial charge in [0.2, 0.25) is 5.82 Å². The summed E-state index contributed by atoms with van der Waals surface area (Å²) >= 11 is 0. The predicted molar refractivity (Wildman–Crippen MR) is 69.8 cm³/mol. The summed E-state index contributed by atoms with van der Waals surface area (Å²) < 4.78 is 1.58. The van der Waals surface area contributed by atoms with Crippen molar-refractivity contribution in [3.63, 3.8) is 0 Å². The Labute approximate surface area is 107 Å². The Bertz CT molecular complexity index is 449. The van der Waals surface area contributed by atoms with E-state index in [2.05, 4.69) is 10.4 Å². The molecule has 1 saturated carbocycles. The topological polar surface area (TPSA) is 73.0 Å². The second kappa shape index (κ2) is 4.96. The number of aromatic nitrogens is 2. The maximum absolute atomic E-state index is 11.2. The molecule has 0 spiro atoms. The summed E-state index contributed by atoms with van der Waals surface area (Å²) in [6.07, 6.45) is 3.68. The minimum atomic E-state index is -0.332. The third-order valence-corrected chi connectivity index (χ3v) is 3.32. The molecule has 0 radical (unpaired) electrons. The van der Waals surface area contributed by atoms with Gasteiger partial charge in [-0.1, -0.05) is 26.7 Å². The van der Waals surface area contributed by atoms with Crippen molar-refractivity contribution < 1.29 is 4.92 Å². The van der Waals surface area contributed by atoms with E-state index in [0.717, 1.165) is 18.9 Å². The van der Waals surface area contributed by atoms with Crippen molar-refractivity contribution in [2.75, 3.05) is 11.9 Å². The molecule has 18 heavy (non-hydrogen) atoms. The maximum atomic E-state index is 11.2. The lowest BCUT2D eigenvalue weighted by Crippen LogP contribution is -2.08. The van der Waals surface area contributed by atoms with Crippen molar-refractivity contribution in [2.24, 2.45) is 13.0 Å². The smallest absolute Gasteiger partial charge is 0.334 e. The van der Waals surface area contributed by atoms with Gasteiger partial charge in [-0.2, -0.15) is 5.10 Å². The number of hydrogen-bond acceptors (Lipinski definition) is 4. The van der Waals surface area contributed by atoms with Crippen LogP contribution in [-0.4, -0.2) is 21.2 Å². The Hall–Kier alpha value is -1.59. The Morgan fingerprint density at radius 3 is 2.72 bits per heavy atom. The molecule has 6 nitrogen and oxygen atoms in total. The Morgan fingerprint density at radius 2 is 2.22 bits per heavy atom. The molecule has 1 fully saturated rings. The van der Waals surface area contributed by atoms with Gasteiger partial charge in [0.05, 0.1) is 4.92 Å². The van der Waals surface area contributed by atoms with Crippen LogP contribution >= 0.6 is 0 Å².